The van der Waals surface area contributed by atoms with Crippen molar-refractivity contribution < 1.29 is 35.8 Å². The van der Waals surface area contributed by atoms with Crippen molar-refractivity contribution in [2.24, 2.45) is 0 Å². The van der Waals surface area contributed by atoms with Crippen LogP contribution < -0.4 is 9.47 Å². The molecule has 0 heterocycles. The van der Waals surface area contributed by atoms with Crippen molar-refractivity contribution in [3.63, 3.8) is 0 Å². The zero-order valence-electron chi connectivity index (χ0n) is 30.8. The van der Waals surface area contributed by atoms with Crippen LogP contribution in [0.4, 0.5) is 26.3 Å². The maximum atomic E-state index is 12.2. The summed E-state index contributed by atoms with van der Waals surface area (Å²) in [6.45, 7) is 4.45. The Morgan fingerprint density at radius 2 is 0.642 bits per heavy atom. The summed E-state index contributed by atoms with van der Waals surface area (Å²) in [5, 5.41) is 0. The number of hydrogen-bond acceptors (Lipinski definition) is 2. The summed E-state index contributed by atoms with van der Waals surface area (Å²) in [7, 11) is 0. The molecule has 0 bridgehead atoms. The average Bonchev–Trinajstić information content (AvgIpc) is 3.12. The van der Waals surface area contributed by atoms with Crippen LogP contribution in [-0.4, -0.2) is 12.7 Å². The molecule has 8 heteroatoms. The first kappa shape index (κ1) is 42.9. The highest BCUT2D eigenvalue weighted by molar-refractivity contribution is 5.70. The Labute approximate surface area is 311 Å². The molecule has 0 aliphatic carbocycles. The van der Waals surface area contributed by atoms with E-state index in [1.165, 1.54) is 106 Å². The van der Waals surface area contributed by atoms with Gasteiger partial charge < -0.3 is 9.47 Å². The second kappa shape index (κ2) is 23.3. The van der Waals surface area contributed by atoms with Crippen molar-refractivity contribution in [3.05, 3.63) is 130 Å². The minimum Gasteiger partial charge on any atom is -0.406 e. The minimum atomic E-state index is -4.66. The third-order valence-electron chi connectivity index (χ3n) is 8.51. The van der Waals surface area contributed by atoms with Crippen LogP contribution in [0, 0.1) is 0 Å². The van der Waals surface area contributed by atoms with Crippen molar-refractivity contribution in [1.82, 2.24) is 0 Å². The second-order valence-electron chi connectivity index (χ2n) is 13.1. The van der Waals surface area contributed by atoms with E-state index in [0.29, 0.717) is 0 Å². The first-order valence-corrected chi connectivity index (χ1v) is 18.7. The van der Waals surface area contributed by atoms with Crippen molar-refractivity contribution >= 4 is 24.3 Å². The Hall–Kier alpha value is -4.46. The van der Waals surface area contributed by atoms with Gasteiger partial charge in [-0.3, -0.25) is 0 Å². The summed E-state index contributed by atoms with van der Waals surface area (Å²) in [4.78, 5) is 0. The van der Waals surface area contributed by atoms with Gasteiger partial charge in [-0.15, -0.1) is 26.3 Å². The number of aryl methyl sites for hydroxylation is 2. The van der Waals surface area contributed by atoms with Gasteiger partial charge in [-0.1, -0.05) is 169 Å². The van der Waals surface area contributed by atoms with Gasteiger partial charge in [-0.2, -0.15) is 0 Å². The summed E-state index contributed by atoms with van der Waals surface area (Å²) in [6.07, 6.45) is 14.7. The third-order valence-corrected chi connectivity index (χ3v) is 8.51. The maximum Gasteiger partial charge on any atom is 0.573 e. The van der Waals surface area contributed by atoms with Crippen LogP contribution in [0.5, 0.6) is 11.5 Å². The number of halogens is 6. The van der Waals surface area contributed by atoms with Gasteiger partial charge in [0.15, 0.2) is 0 Å². The highest BCUT2D eigenvalue weighted by atomic mass is 19.4. The molecule has 0 saturated heterocycles. The lowest BCUT2D eigenvalue weighted by atomic mass is 10.0. The first-order chi connectivity index (χ1) is 25.4. The molecule has 0 aromatic heterocycles. The maximum absolute atomic E-state index is 12.2. The van der Waals surface area contributed by atoms with Gasteiger partial charge in [0, 0.05) is 0 Å². The predicted octanol–water partition coefficient (Wildman–Crippen LogP) is 14.9. The van der Waals surface area contributed by atoms with Gasteiger partial charge in [0.25, 0.3) is 0 Å². The largest absolute Gasteiger partial charge is 0.573 e. The number of rotatable bonds is 19. The summed E-state index contributed by atoms with van der Waals surface area (Å²) in [5.41, 5.74) is 6.46. The minimum absolute atomic E-state index is 0.210. The summed E-state index contributed by atoms with van der Waals surface area (Å²) in [6, 6.07) is 28.5. The molecule has 0 fully saturated rings. The van der Waals surface area contributed by atoms with Gasteiger partial charge in [0.1, 0.15) is 11.5 Å². The topological polar surface area (TPSA) is 18.5 Å². The second-order valence-corrected chi connectivity index (χ2v) is 13.1. The van der Waals surface area contributed by atoms with Crippen molar-refractivity contribution in [3.8, 4) is 11.5 Å². The Bertz CT molecular complexity index is 1600. The standard InChI is InChI=1S/C23H27F3O.C22H25F3O/c1-2-3-4-5-6-7-8-19-9-11-20(12-10-19)13-14-21-15-17-22(18-16-21)27-23(24,25)26;1-2-3-4-5-6-7-18-8-10-19(11-9-18)12-13-20-14-16-21(17-15-20)26-22(23,24)25/h9-18H,2-8H2,1H3;8-17H,2-7H2,1H3. The van der Waals surface area contributed by atoms with Crippen LogP contribution in [-0.2, 0) is 12.8 Å². The van der Waals surface area contributed by atoms with Crippen LogP contribution in [0.25, 0.3) is 24.3 Å². The first-order valence-electron chi connectivity index (χ1n) is 18.7. The lowest BCUT2D eigenvalue weighted by Gasteiger charge is -2.08. The van der Waals surface area contributed by atoms with E-state index in [1.807, 2.05) is 24.3 Å². The molecule has 0 atom stereocenters. The molecule has 0 unspecified atom stereocenters. The summed E-state index contributed by atoms with van der Waals surface area (Å²) < 4.78 is 80.6. The van der Waals surface area contributed by atoms with Crippen LogP contribution in [0.3, 0.4) is 0 Å². The molecule has 0 spiro atoms. The fourth-order valence-corrected chi connectivity index (χ4v) is 5.58. The van der Waals surface area contributed by atoms with E-state index in [0.717, 1.165) is 35.1 Å². The highest BCUT2D eigenvalue weighted by Crippen LogP contribution is 2.25. The Balaban J connectivity index is 0.000000286. The molecule has 4 rings (SSSR count). The zero-order chi connectivity index (χ0) is 38.4. The molecule has 0 radical (unpaired) electrons. The number of benzene rings is 4. The van der Waals surface area contributed by atoms with E-state index < -0.39 is 12.7 Å². The quantitative estimate of drug-likeness (QED) is 0.0542. The van der Waals surface area contributed by atoms with Crippen molar-refractivity contribution in [2.45, 2.75) is 110 Å². The van der Waals surface area contributed by atoms with Crippen LogP contribution in [0.1, 0.15) is 118 Å². The van der Waals surface area contributed by atoms with E-state index in [4.69, 9.17) is 0 Å². The average molecular weight is 739 g/mol. The van der Waals surface area contributed by atoms with E-state index in [-0.39, 0.29) is 11.5 Å². The molecular weight excluding hydrogens is 686 g/mol. The monoisotopic (exact) mass is 738 g/mol. The van der Waals surface area contributed by atoms with E-state index >= 15 is 0 Å². The number of ether oxygens (including phenoxy) is 2. The Kier molecular flexibility index (Phi) is 18.8. The van der Waals surface area contributed by atoms with E-state index in [1.54, 1.807) is 24.3 Å². The molecule has 0 amide bonds. The lowest BCUT2D eigenvalue weighted by Crippen LogP contribution is -2.16. The molecule has 286 valence electrons. The van der Waals surface area contributed by atoms with E-state index in [2.05, 4.69) is 71.9 Å². The number of alkyl halides is 6. The summed E-state index contributed by atoms with van der Waals surface area (Å²) in [5.74, 6) is -0.420. The fraction of sp³-hybridized carbons (Fsp3) is 0.378. The van der Waals surface area contributed by atoms with Crippen LogP contribution >= 0.6 is 0 Å². The van der Waals surface area contributed by atoms with Gasteiger partial charge in [-0.05, 0) is 83.3 Å². The Morgan fingerprint density at radius 1 is 0.377 bits per heavy atom. The van der Waals surface area contributed by atoms with Crippen LogP contribution in [0.15, 0.2) is 97.1 Å². The molecule has 2 nitrogen and oxygen atoms in total. The summed E-state index contributed by atoms with van der Waals surface area (Å²) >= 11 is 0. The van der Waals surface area contributed by atoms with Gasteiger partial charge >= 0.3 is 12.7 Å². The highest BCUT2D eigenvalue weighted by Gasteiger charge is 2.31. The smallest absolute Gasteiger partial charge is 0.406 e. The number of hydrogen-bond donors (Lipinski definition) is 0. The lowest BCUT2D eigenvalue weighted by molar-refractivity contribution is -0.275. The van der Waals surface area contributed by atoms with Crippen molar-refractivity contribution in [2.75, 3.05) is 0 Å². The van der Waals surface area contributed by atoms with Gasteiger partial charge in [0.05, 0.1) is 0 Å². The fourth-order valence-electron chi connectivity index (χ4n) is 5.58. The normalized spacial score (nSPS) is 11.8. The third kappa shape index (κ3) is 19.8. The molecular formula is C45H52F6O2. The molecule has 0 aliphatic rings. The SMILES string of the molecule is CCCCCCCCc1ccc(C=Cc2ccc(OC(F)(F)F)cc2)cc1.CCCCCCCc1ccc(C=Cc2ccc(OC(F)(F)F)cc2)cc1. The molecule has 0 saturated carbocycles. The van der Waals surface area contributed by atoms with Crippen LogP contribution in [0.2, 0.25) is 0 Å². The zero-order valence-corrected chi connectivity index (χ0v) is 30.8. The predicted molar refractivity (Wildman–Crippen MR) is 207 cm³/mol. The molecule has 4 aromatic rings. The molecule has 0 N–H and O–H groups in total. The Morgan fingerprint density at radius 3 is 0.925 bits per heavy atom. The van der Waals surface area contributed by atoms with Crippen molar-refractivity contribution in [1.29, 1.82) is 0 Å². The van der Waals surface area contributed by atoms with Gasteiger partial charge in [-0.25, -0.2) is 0 Å². The van der Waals surface area contributed by atoms with Gasteiger partial charge in [0.2, 0.25) is 0 Å². The molecule has 4 aromatic carbocycles. The molecule has 53 heavy (non-hydrogen) atoms. The molecule has 0 aliphatic heterocycles. The number of unbranched alkanes of at least 4 members (excludes halogenated alkanes) is 9. The van der Waals surface area contributed by atoms with E-state index in [9.17, 15) is 26.3 Å².